The molecule has 0 aliphatic rings. The minimum absolute atomic E-state index is 0.166. The van der Waals surface area contributed by atoms with Crippen LogP contribution >= 0.6 is 0 Å². The third kappa shape index (κ3) is 3.44. The first-order chi connectivity index (χ1) is 9.53. The average Bonchev–Trinajstić information content (AvgIpc) is 2.82. The molecule has 2 N–H and O–H groups in total. The lowest BCUT2D eigenvalue weighted by Gasteiger charge is -2.04. The summed E-state index contributed by atoms with van der Waals surface area (Å²) in [6, 6.07) is 5.16. The van der Waals surface area contributed by atoms with E-state index >= 15 is 0 Å². The van der Waals surface area contributed by atoms with Gasteiger partial charge in [-0.25, -0.2) is 13.1 Å². The summed E-state index contributed by atoms with van der Waals surface area (Å²) in [4.78, 5) is 4.07. The zero-order chi connectivity index (χ0) is 14.6. The quantitative estimate of drug-likeness (QED) is 0.809. The summed E-state index contributed by atoms with van der Waals surface area (Å²) in [5.74, 6) is 0. The van der Waals surface area contributed by atoms with Gasteiger partial charge in [0.25, 0.3) is 0 Å². The van der Waals surface area contributed by atoms with Gasteiger partial charge in [0.05, 0.1) is 11.5 Å². The molecule has 2 heterocycles. The Balaban J connectivity index is 2.00. The summed E-state index contributed by atoms with van der Waals surface area (Å²) in [5.41, 5.74) is 1.58. The van der Waals surface area contributed by atoms with Gasteiger partial charge in [0.1, 0.15) is 0 Å². The predicted molar refractivity (Wildman–Crippen MR) is 74.5 cm³/mol. The Labute approximate surface area is 118 Å². The highest BCUT2D eigenvalue weighted by molar-refractivity contribution is 7.89. The van der Waals surface area contributed by atoms with Gasteiger partial charge < -0.3 is 9.67 Å². The van der Waals surface area contributed by atoms with Gasteiger partial charge in [-0.05, 0) is 30.2 Å². The summed E-state index contributed by atoms with van der Waals surface area (Å²) >= 11 is 0. The second-order valence-electron chi connectivity index (χ2n) is 4.44. The molecule has 0 saturated carbocycles. The Morgan fingerprint density at radius 3 is 2.65 bits per heavy atom. The molecule has 0 amide bonds. The summed E-state index contributed by atoms with van der Waals surface area (Å²) in [5, 5.41) is 9.08. The first-order valence-electron chi connectivity index (χ1n) is 6.17. The van der Waals surface area contributed by atoms with Crippen LogP contribution in [0.25, 0.3) is 0 Å². The lowest BCUT2D eigenvalue weighted by atomic mass is 10.2. The zero-order valence-corrected chi connectivity index (χ0v) is 12.0. The molecule has 0 aromatic carbocycles. The fourth-order valence-electron chi connectivity index (χ4n) is 1.84. The van der Waals surface area contributed by atoms with E-state index in [1.807, 2.05) is 12.1 Å². The molecule has 7 heteroatoms. The first kappa shape index (κ1) is 14.7. The van der Waals surface area contributed by atoms with Crippen molar-refractivity contribution in [1.29, 1.82) is 0 Å². The molecule has 2 aromatic heterocycles. The Morgan fingerprint density at radius 1 is 1.35 bits per heavy atom. The smallest absolute Gasteiger partial charge is 0.242 e. The first-order valence-corrected chi connectivity index (χ1v) is 7.66. The van der Waals surface area contributed by atoms with Gasteiger partial charge in [-0.3, -0.25) is 4.98 Å². The maximum absolute atomic E-state index is 12.1. The van der Waals surface area contributed by atoms with Crippen molar-refractivity contribution in [3.05, 3.63) is 48.0 Å². The van der Waals surface area contributed by atoms with Crippen molar-refractivity contribution in [1.82, 2.24) is 14.3 Å². The van der Waals surface area contributed by atoms with Gasteiger partial charge in [-0.1, -0.05) is 0 Å². The molecule has 0 saturated heterocycles. The van der Waals surface area contributed by atoms with Gasteiger partial charge >= 0.3 is 0 Å². The Kier molecular flexibility index (Phi) is 4.53. The fourth-order valence-corrected chi connectivity index (χ4v) is 2.97. The van der Waals surface area contributed by atoms with Crippen molar-refractivity contribution < 1.29 is 13.5 Å². The number of aliphatic hydroxyl groups is 1. The number of nitrogens with one attached hydrogen (secondary N) is 1. The molecular formula is C13H17N3O3S. The van der Waals surface area contributed by atoms with Crippen LogP contribution in [-0.4, -0.2) is 29.6 Å². The van der Waals surface area contributed by atoms with Crippen molar-refractivity contribution in [3.8, 4) is 0 Å². The molecule has 0 unspecified atom stereocenters. The van der Waals surface area contributed by atoms with Crippen LogP contribution in [0.15, 0.2) is 41.7 Å². The largest absolute Gasteiger partial charge is 0.390 e. The highest BCUT2D eigenvalue weighted by Gasteiger charge is 2.16. The van der Waals surface area contributed by atoms with E-state index in [1.165, 1.54) is 12.3 Å². The number of rotatable bonds is 6. The lowest BCUT2D eigenvalue weighted by molar-refractivity contribution is 0.272. The van der Waals surface area contributed by atoms with Crippen LogP contribution in [0.3, 0.4) is 0 Å². The van der Waals surface area contributed by atoms with Gasteiger partial charge in [-0.15, -0.1) is 0 Å². The normalized spacial score (nSPS) is 11.7. The van der Waals surface area contributed by atoms with Crippen molar-refractivity contribution >= 4 is 10.0 Å². The molecule has 0 bridgehead atoms. The standard InChI is InChI=1S/C13H17N3O3S/c1-16-9-13(8-12(16)10-17)20(18,19)15-7-4-11-2-5-14-6-3-11/h2-3,5-6,8-9,15,17H,4,7,10H2,1H3. The average molecular weight is 295 g/mol. The van der Waals surface area contributed by atoms with E-state index in [1.54, 1.807) is 24.0 Å². The van der Waals surface area contributed by atoms with Crippen molar-refractivity contribution in [3.63, 3.8) is 0 Å². The van der Waals surface area contributed by atoms with E-state index < -0.39 is 10.0 Å². The number of aliphatic hydroxyl groups excluding tert-OH is 1. The van der Waals surface area contributed by atoms with Crippen molar-refractivity contribution in [2.24, 2.45) is 7.05 Å². The predicted octanol–water partition coefficient (Wildman–Crippen LogP) is 0.433. The molecule has 0 spiro atoms. The maximum atomic E-state index is 12.1. The molecular weight excluding hydrogens is 278 g/mol. The van der Waals surface area contributed by atoms with Crippen molar-refractivity contribution in [2.75, 3.05) is 6.54 Å². The summed E-state index contributed by atoms with van der Waals surface area (Å²) in [7, 11) is -1.84. The van der Waals surface area contributed by atoms with Crippen LogP contribution in [-0.2, 0) is 30.1 Å². The number of aromatic nitrogens is 2. The van der Waals surface area contributed by atoms with Crippen LogP contribution in [0.2, 0.25) is 0 Å². The van der Waals surface area contributed by atoms with Crippen LogP contribution in [0.1, 0.15) is 11.3 Å². The maximum Gasteiger partial charge on any atom is 0.242 e. The van der Waals surface area contributed by atoms with Crippen molar-refractivity contribution in [2.45, 2.75) is 17.9 Å². The van der Waals surface area contributed by atoms with E-state index in [0.29, 0.717) is 18.7 Å². The lowest BCUT2D eigenvalue weighted by Crippen LogP contribution is -2.25. The van der Waals surface area contributed by atoms with E-state index in [0.717, 1.165) is 5.56 Å². The number of sulfonamides is 1. The van der Waals surface area contributed by atoms with Crippen LogP contribution in [0.4, 0.5) is 0 Å². The van der Waals surface area contributed by atoms with E-state index in [2.05, 4.69) is 9.71 Å². The summed E-state index contributed by atoms with van der Waals surface area (Å²) in [6.45, 7) is 0.124. The fraction of sp³-hybridized carbons (Fsp3) is 0.308. The molecule has 2 rings (SSSR count). The summed E-state index contributed by atoms with van der Waals surface area (Å²) < 4.78 is 28.3. The van der Waals surface area contributed by atoms with Gasteiger partial charge in [0.2, 0.25) is 10.0 Å². The Bertz CT molecular complexity index is 665. The van der Waals surface area contributed by atoms with Crippen LogP contribution < -0.4 is 4.72 Å². The van der Waals surface area contributed by atoms with E-state index in [4.69, 9.17) is 5.11 Å². The minimum atomic E-state index is -3.54. The molecule has 108 valence electrons. The molecule has 0 atom stereocenters. The minimum Gasteiger partial charge on any atom is -0.390 e. The van der Waals surface area contributed by atoms with E-state index in [-0.39, 0.29) is 11.5 Å². The topological polar surface area (TPSA) is 84.2 Å². The Morgan fingerprint density at radius 2 is 2.05 bits per heavy atom. The second kappa shape index (κ2) is 6.17. The monoisotopic (exact) mass is 295 g/mol. The number of hydrogen-bond donors (Lipinski definition) is 2. The van der Waals surface area contributed by atoms with E-state index in [9.17, 15) is 8.42 Å². The molecule has 6 nitrogen and oxygen atoms in total. The highest BCUT2D eigenvalue weighted by atomic mass is 32.2. The SMILES string of the molecule is Cn1cc(S(=O)(=O)NCCc2ccncc2)cc1CO. The molecule has 0 radical (unpaired) electrons. The van der Waals surface area contributed by atoms with Gasteiger partial charge in [0, 0.05) is 37.9 Å². The number of aryl methyl sites for hydroxylation is 1. The third-order valence-corrected chi connectivity index (χ3v) is 4.44. The third-order valence-electron chi connectivity index (χ3n) is 3.01. The molecule has 20 heavy (non-hydrogen) atoms. The number of nitrogens with zero attached hydrogens (tertiary/aromatic N) is 2. The highest BCUT2D eigenvalue weighted by Crippen LogP contribution is 2.13. The number of pyridine rings is 1. The number of hydrogen-bond acceptors (Lipinski definition) is 4. The summed E-state index contributed by atoms with van der Waals surface area (Å²) in [6.07, 6.45) is 5.44. The van der Waals surface area contributed by atoms with Crippen LogP contribution in [0, 0.1) is 0 Å². The van der Waals surface area contributed by atoms with Gasteiger partial charge in [0.15, 0.2) is 0 Å². The molecule has 0 aliphatic heterocycles. The molecule has 0 aliphatic carbocycles. The molecule has 2 aromatic rings. The zero-order valence-electron chi connectivity index (χ0n) is 11.2. The Hall–Kier alpha value is -1.70. The second-order valence-corrected chi connectivity index (χ2v) is 6.21. The van der Waals surface area contributed by atoms with Crippen LogP contribution in [0.5, 0.6) is 0 Å². The van der Waals surface area contributed by atoms with Gasteiger partial charge in [-0.2, -0.15) is 0 Å². The molecule has 0 fully saturated rings.